The molecule has 0 radical (unpaired) electrons. The number of hydrogen-bond acceptors (Lipinski definition) is 5. The molecule has 1 atom stereocenters. The van der Waals surface area contributed by atoms with Crippen molar-refractivity contribution < 1.29 is 14.3 Å². The zero-order chi connectivity index (χ0) is 21.5. The lowest BCUT2D eigenvalue weighted by Gasteiger charge is -2.41. The Morgan fingerprint density at radius 1 is 1.10 bits per heavy atom. The highest BCUT2D eigenvalue weighted by atomic mass is 16.6. The molecule has 2 aliphatic heterocycles. The summed E-state index contributed by atoms with van der Waals surface area (Å²) in [5.41, 5.74) is -0.468. The van der Waals surface area contributed by atoms with Crippen LogP contribution in [0.1, 0.15) is 53.9 Å². The molecule has 1 unspecified atom stereocenters. The third-order valence-electron chi connectivity index (χ3n) is 5.54. The van der Waals surface area contributed by atoms with E-state index in [-0.39, 0.29) is 17.7 Å². The van der Waals surface area contributed by atoms with Crippen LogP contribution >= 0.6 is 0 Å². The van der Waals surface area contributed by atoms with Crippen molar-refractivity contribution in [2.24, 2.45) is 4.99 Å². The second kappa shape index (κ2) is 10.5. The molecule has 0 aromatic heterocycles. The minimum atomic E-state index is -0.477. The highest BCUT2D eigenvalue weighted by molar-refractivity contribution is 5.79. The Hall–Kier alpha value is -1.54. The number of ether oxygens (including phenoxy) is 2. The molecular formula is C21H41N5O3. The summed E-state index contributed by atoms with van der Waals surface area (Å²) in [6.45, 7) is 15.9. The van der Waals surface area contributed by atoms with Crippen molar-refractivity contribution in [3.8, 4) is 0 Å². The highest BCUT2D eigenvalue weighted by Gasteiger charge is 2.31. The van der Waals surface area contributed by atoms with Crippen LogP contribution in [-0.4, -0.2) is 92.0 Å². The maximum atomic E-state index is 12.6. The van der Waals surface area contributed by atoms with Crippen LogP contribution < -0.4 is 10.6 Å². The van der Waals surface area contributed by atoms with Crippen molar-refractivity contribution >= 4 is 12.1 Å². The van der Waals surface area contributed by atoms with Crippen LogP contribution in [-0.2, 0) is 9.47 Å². The average Bonchev–Trinajstić information content (AvgIpc) is 2.67. The first-order valence-corrected chi connectivity index (χ1v) is 10.9. The summed E-state index contributed by atoms with van der Waals surface area (Å²) >= 11 is 0. The van der Waals surface area contributed by atoms with Gasteiger partial charge in [0.1, 0.15) is 5.60 Å². The predicted octanol–water partition coefficient (Wildman–Crippen LogP) is 2.05. The Balaban J connectivity index is 1.85. The fourth-order valence-electron chi connectivity index (χ4n) is 3.79. The molecule has 2 fully saturated rings. The minimum Gasteiger partial charge on any atom is -0.444 e. The number of nitrogens with zero attached hydrogens (tertiary/aromatic N) is 3. The van der Waals surface area contributed by atoms with Crippen molar-refractivity contribution in [1.82, 2.24) is 20.4 Å². The number of amides is 1. The van der Waals surface area contributed by atoms with Crippen LogP contribution in [0, 0.1) is 0 Å². The first-order valence-electron chi connectivity index (χ1n) is 10.9. The summed E-state index contributed by atoms with van der Waals surface area (Å²) in [4.78, 5) is 21.3. The van der Waals surface area contributed by atoms with Gasteiger partial charge in [0.15, 0.2) is 5.96 Å². The van der Waals surface area contributed by atoms with Crippen molar-refractivity contribution in [3.05, 3.63) is 0 Å². The van der Waals surface area contributed by atoms with Gasteiger partial charge >= 0.3 is 6.09 Å². The quantitative estimate of drug-likeness (QED) is 0.533. The third kappa shape index (κ3) is 7.66. The van der Waals surface area contributed by atoms with Crippen molar-refractivity contribution in [2.75, 3.05) is 53.0 Å². The molecule has 8 nitrogen and oxygen atoms in total. The van der Waals surface area contributed by atoms with E-state index in [4.69, 9.17) is 9.47 Å². The molecule has 0 saturated carbocycles. The largest absolute Gasteiger partial charge is 0.444 e. The maximum absolute atomic E-state index is 12.6. The number of likely N-dealkylation sites (tertiary alicyclic amines) is 1. The number of guanidine groups is 1. The molecule has 2 aliphatic rings. The SMILES string of the molecule is CN=C(NCC1CCCCN1C(=O)OC(C)(C)C)NCC(C)(C)N1CCOCC1. The summed E-state index contributed by atoms with van der Waals surface area (Å²) in [5.74, 6) is 0.765. The Morgan fingerprint density at radius 3 is 2.41 bits per heavy atom. The Morgan fingerprint density at radius 2 is 1.79 bits per heavy atom. The molecular weight excluding hydrogens is 370 g/mol. The molecule has 2 N–H and O–H groups in total. The summed E-state index contributed by atoms with van der Waals surface area (Å²) < 4.78 is 11.1. The van der Waals surface area contributed by atoms with Gasteiger partial charge in [0.25, 0.3) is 0 Å². The fraction of sp³-hybridized carbons (Fsp3) is 0.905. The van der Waals surface area contributed by atoms with E-state index in [0.29, 0.717) is 6.54 Å². The summed E-state index contributed by atoms with van der Waals surface area (Å²) in [6, 6.07) is 0.115. The highest BCUT2D eigenvalue weighted by Crippen LogP contribution is 2.20. The Kier molecular flexibility index (Phi) is 8.58. The molecule has 0 bridgehead atoms. The van der Waals surface area contributed by atoms with Gasteiger partial charge in [0, 0.05) is 45.3 Å². The van der Waals surface area contributed by atoms with Gasteiger partial charge in [-0.1, -0.05) is 0 Å². The molecule has 0 aromatic rings. The number of piperidine rings is 1. The zero-order valence-corrected chi connectivity index (χ0v) is 19.2. The molecule has 0 spiro atoms. The number of rotatable bonds is 5. The van der Waals surface area contributed by atoms with E-state index in [1.807, 2.05) is 25.7 Å². The number of carbonyl (C=O) groups is 1. The molecule has 0 aromatic carbocycles. The molecule has 8 heteroatoms. The molecule has 2 saturated heterocycles. The van der Waals surface area contributed by atoms with Crippen LogP contribution in [0.2, 0.25) is 0 Å². The lowest BCUT2D eigenvalue weighted by molar-refractivity contribution is -0.00836. The molecule has 0 aliphatic carbocycles. The monoisotopic (exact) mass is 411 g/mol. The number of aliphatic imine (C=N–C) groups is 1. The Labute approximate surface area is 176 Å². The number of morpholine rings is 1. The van der Waals surface area contributed by atoms with Crippen molar-refractivity contribution in [1.29, 1.82) is 0 Å². The van der Waals surface area contributed by atoms with E-state index >= 15 is 0 Å². The van der Waals surface area contributed by atoms with Gasteiger partial charge in [-0.15, -0.1) is 0 Å². The van der Waals surface area contributed by atoms with Gasteiger partial charge in [0.05, 0.1) is 19.3 Å². The summed E-state index contributed by atoms with van der Waals surface area (Å²) in [5, 5.41) is 6.86. The van der Waals surface area contributed by atoms with Gasteiger partial charge in [-0.3, -0.25) is 9.89 Å². The molecule has 168 valence electrons. The molecule has 2 rings (SSSR count). The second-order valence-electron chi connectivity index (χ2n) is 9.54. The number of hydrogen-bond donors (Lipinski definition) is 2. The van der Waals surface area contributed by atoms with Gasteiger partial charge in [-0.2, -0.15) is 0 Å². The summed E-state index contributed by atoms with van der Waals surface area (Å²) in [6.07, 6.45) is 2.90. The predicted molar refractivity (Wildman–Crippen MR) is 116 cm³/mol. The van der Waals surface area contributed by atoms with E-state index < -0.39 is 5.60 Å². The second-order valence-corrected chi connectivity index (χ2v) is 9.54. The molecule has 1 amide bonds. The lowest BCUT2D eigenvalue weighted by atomic mass is 10.0. The van der Waals surface area contributed by atoms with Crippen LogP contribution in [0.3, 0.4) is 0 Å². The van der Waals surface area contributed by atoms with E-state index in [1.54, 1.807) is 7.05 Å². The van der Waals surface area contributed by atoms with Crippen LogP contribution in [0.4, 0.5) is 4.79 Å². The average molecular weight is 412 g/mol. The van der Waals surface area contributed by atoms with Crippen LogP contribution in [0.5, 0.6) is 0 Å². The topological polar surface area (TPSA) is 78.4 Å². The fourth-order valence-corrected chi connectivity index (χ4v) is 3.79. The third-order valence-corrected chi connectivity index (χ3v) is 5.54. The normalized spacial score (nSPS) is 22.3. The summed E-state index contributed by atoms with van der Waals surface area (Å²) in [7, 11) is 1.78. The standard InChI is InChI=1S/C21H41N5O3/c1-20(2,3)29-19(27)26-10-8-7-9-17(26)15-23-18(22-6)24-16-21(4,5)25-11-13-28-14-12-25/h17H,7-16H2,1-6H3,(H2,22,23,24). The van der Waals surface area contributed by atoms with Crippen molar-refractivity contribution in [3.63, 3.8) is 0 Å². The van der Waals surface area contributed by atoms with Gasteiger partial charge in [-0.05, 0) is 53.9 Å². The minimum absolute atomic E-state index is 0.00872. The van der Waals surface area contributed by atoms with E-state index in [0.717, 1.165) is 64.6 Å². The van der Waals surface area contributed by atoms with Crippen LogP contribution in [0.15, 0.2) is 4.99 Å². The number of carbonyl (C=O) groups excluding carboxylic acids is 1. The molecule has 2 heterocycles. The Bertz CT molecular complexity index is 553. The first kappa shape index (κ1) is 23.7. The van der Waals surface area contributed by atoms with E-state index in [9.17, 15) is 4.79 Å². The smallest absolute Gasteiger partial charge is 0.410 e. The zero-order valence-electron chi connectivity index (χ0n) is 19.2. The van der Waals surface area contributed by atoms with Crippen LogP contribution in [0.25, 0.3) is 0 Å². The molecule has 29 heavy (non-hydrogen) atoms. The lowest BCUT2D eigenvalue weighted by Crippen LogP contribution is -2.57. The van der Waals surface area contributed by atoms with Crippen molar-refractivity contribution in [2.45, 2.75) is 71.1 Å². The number of nitrogens with one attached hydrogen (secondary N) is 2. The maximum Gasteiger partial charge on any atom is 0.410 e. The van der Waals surface area contributed by atoms with E-state index in [1.165, 1.54) is 0 Å². The van der Waals surface area contributed by atoms with Gasteiger partial charge in [-0.25, -0.2) is 4.79 Å². The van der Waals surface area contributed by atoms with Gasteiger partial charge < -0.3 is 25.0 Å². The first-order chi connectivity index (χ1) is 13.6. The van der Waals surface area contributed by atoms with E-state index in [2.05, 4.69) is 34.4 Å². The van der Waals surface area contributed by atoms with Gasteiger partial charge in [0.2, 0.25) is 0 Å².